The fourth-order valence-corrected chi connectivity index (χ4v) is 5.33. The fraction of sp³-hybridized carbons (Fsp3) is 0. The molecule has 2 heteroatoms. The number of hydrazone groups is 1. The van der Waals surface area contributed by atoms with Crippen LogP contribution in [0.3, 0.4) is 0 Å². The highest BCUT2D eigenvalue weighted by molar-refractivity contribution is 6.26. The zero-order valence-electron chi connectivity index (χ0n) is 19.1. The van der Waals surface area contributed by atoms with Gasteiger partial charge < -0.3 is 0 Å². The maximum atomic E-state index is 4.99. The number of rotatable bonds is 3. The van der Waals surface area contributed by atoms with E-state index in [0.29, 0.717) is 0 Å². The van der Waals surface area contributed by atoms with E-state index in [9.17, 15) is 0 Å². The highest BCUT2D eigenvalue weighted by Gasteiger charge is 2.27. The Morgan fingerprint density at radius 1 is 0.571 bits per heavy atom. The van der Waals surface area contributed by atoms with Gasteiger partial charge in [0, 0.05) is 16.7 Å². The molecule has 0 spiro atoms. The number of benzene rings is 4. The van der Waals surface area contributed by atoms with Gasteiger partial charge in [0.2, 0.25) is 0 Å². The second-order valence-electron chi connectivity index (χ2n) is 8.90. The second kappa shape index (κ2) is 7.96. The Kier molecular flexibility index (Phi) is 4.49. The average molecular weight is 447 g/mol. The summed E-state index contributed by atoms with van der Waals surface area (Å²) in [5.74, 6) is 0. The van der Waals surface area contributed by atoms with Crippen LogP contribution < -0.4 is 5.43 Å². The number of fused-ring (bicyclic) bond motifs is 6. The van der Waals surface area contributed by atoms with E-state index >= 15 is 0 Å². The van der Waals surface area contributed by atoms with Crippen LogP contribution in [0, 0.1) is 0 Å². The third kappa shape index (κ3) is 3.15. The van der Waals surface area contributed by atoms with Gasteiger partial charge in [-0.05, 0) is 51.1 Å². The van der Waals surface area contributed by atoms with Crippen LogP contribution in [-0.2, 0) is 0 Å². The van der Waals surface area contributed by atoms with Gasteiger partial charge >= 0.3 is 0 Å². The molecule has 0 amide bonds. The largest absolute Gasteiger partial charge is 0.277 e. The van der Waals surface area contributed by atoms with Crippen molar-refractivity contribution in [2.75, 3.05) is 0 Å². The zero-order valence-corrected chi connectivity index (χ0v) is 19.1. The van der Waals surface area contributed by atoms with Crippen molar-refractivity contribution < 1.29 is 0 Å². The molecular weight excluding hydrogens is 424 g/mol. The molecule has 0 fully saturated rings. The second-order valence-corrected chi connectivity index (χ2v) is 8.90. The molecule has 0 aromatic heterocycles. The van der Waals surface area contributed by atoms with Crippen molar-refractivity contribution >= 4 is 28.6 Å². The van der Waals surface area contributed by atoms with Gasteiger partial charge in [-0.3, -0.25) is 5.43 Å². The number of nitrogens with zero attached hydrogens (tertiary/aromatic N) is 1. The summed E-state index contributed by atoms with van der Waals surface area (Å²) >= 11 is 0. The normalized spacial score (nSPS) is 15.7. The summed E-state index contributed by atoms with van der Waals surface area (Å²) in [7, 11) is 0. The van der Waals surface area contributed by atoms with Crippen LogP contribution in [0.5, 0.6) is 0 Å². The van der Waals surface area contributed by atoms with Gasteiger partial charge in [-0.15, -0.1) is 0 Å². The molecule has 35 heavy (non-hydrogen) atoms. The van der Waals surface area contributed by atoms with E-state index < -0.39 is 0 Å². The molecule has 3 aliphatic carbocycles. The molecule has 0 aliphatic heterocycles. The van der Waals surface area contributed by atoms with Gasteiger partial charge in [0.25, 0.3) is 0 Å². The van der Waals surface area contributed by atoms with Crippen molar-refractivity contribution in [1.29, 1.82) is 0 Å². The lowest BCUT2D eigenvalue weighted by Crippen LogP contribution is -2.13. The first kappa shape index (κ1) is 19.7. The molecule has 0 saturated carbocycles. The SMILES string of the molecule is C1=CC(=NNC(=C2c3ccccc3-c3ccccc32)c2ccccc2)C2=Cc3ccccc3C2=C1. The number of hydrogen-bond acceptors (Lipinski definition) is 2. The van der Waals surface area contributed by atoms with Crippen LogP contribution in [0.2, 0.25) is 0 Å². The number of allylic oxidation sites excluding steroid dienone is 5. The lowest BCUT2D eigenvalue weighted by atomic mass is 9.96. The molecule has 0 unspecified atom stereocenters. The topological polar surface area (TPSA) is 24.4 Å². The predicted octanol–water partition coefficient (Wildman–Crippen LogP) is 7.58. The maximum Gasteiger partial charge on any atom is 0.0912 e. The molecule has 0 saturated heterocycles. The summed E-state index contributed by atoms with van der Waals surface area (Å²) in [6.45, 7) is 0. The standard InChI is InChI=1S/C33H22N2/c1-2-11-22(12-3-1)33(32-28-17-8-6-15-26(28)27-16-7-9-18-29(27)32)35-34-31-20-10-19-25-24-14-5-4-13-23(24)21-30(25)31/h1-21,35H. The fourth-order valence-electron chi connectivity index (χ4n) is 5.33. The number of nitrogens with one attached hydrogen (secondary N) is 1. The van der Waals surface area contributed by atoms with Crippen LogP contribution in [-0.4, -0.2) is 5.71 Å². The van der Waals surface area contributed by atoms with Gasteiger partial charge in [-0.2, -0.15) is 5.10 Å². The Morgan fingerprint density at radius 3 is 1.89 bits per heavy atom. The Hall–Kier alpha value is -4.69. The van der Waals surface area contributed by atoms with E-state index in [0.717, 1.165) is 22.5 Å². The van der Waals surface area contributed by atoms with Gasteiger partial charge in [-0.25, -0.2) is 0 Å². The van der Waals surface area contributed by atoms with Crippen molar-refractivity contribution in [3.63, 3.8) is 0 Å². The summed E-state index contributed by atoms with van der Waals surface area (Å²) in [6.07, 6.45) is 8.58. The first-order valence-corrected chi connectivity index (χ1v) is 11.9. The molecule has 3 aliphatic rings. The smallest absolute Gasteiger partial charge is 0.0912 e. The van der Waals surface area contributed by atoms with Crippen molar-refractivity contribution in [1.82, 2.24) is 5.43 Å². The zero-order chi connectivity index (χ0) is 23.2. The predicted molar refractivity (Wildman–Crippen MR) is 146 cm³/mol. The Labute approximate surface area is 205 Å². The highest BCUT2D eigenvalue weighted by atomic mass is 15.3. The van der Waals surface area contributed by atoms with Gasteiger partial charge in [0.1, 0.15) is 0 Å². The van der Waals surface area contributed by atoms with Crippen molar-refractivity contribution in [2.24, 2.45) is 5.10 Å². The summed E-state index contributed by atoms with van der Waals surface area (Å²) in [5.41, 5.74) is 17.6. The Balaban J connectivity index is 1.39. The Bertz CT molecular complexity index is 1600. The maximum absolute atomic E-state index is 4.99. The van der Waals surface area contributed by atoms with E-state index in [2.05, 4.69) is 133 Å². The first-order chi connectivity index (χ1) is 17.4. The monoisotopic (exact) mass is 446 g/mol. The molecule has 1 N–H and O–H groups in total. The molecule has 2 nitrogen and oxygen atoms in total. The van der Waals surface area contributed by atoms with E-state index in [1.807, 2.05) is 0 Å². The highest BCUT2D eigenvalue weighted by Crippen LogP contribution is 2.46. The van der Waals surface area contributed by atoms with Crippen LogP contribution in [0.1, 0.15) is 27.8 Å². The summed E-state index contributed by atoms with van der Waals surface area (Å²) < 4.78 is 0. The van der Waals surface area contributed by atoms with Gasteiger partial charge in [-0.1, -0.05) is 115 Å². The molecule has 4 aromatic carbocycles. The van der Waals surface area contributed by atoms with Gasteiger partial charge in [0.05, 0.1) is 11.4 Å². The van der Waals surface area contributed by atoms with Crippen molar-refractivity contribution in [3.8, 4) is 11.1 Å². The third-order valence-corrected chi connectivity index (χ3v) is 6.92. The van der Waals surface area contributed by atoms with Crippen LogP contribution in [0.25, 0.3) is 34.0 Å². The molecule has 0 bridgehead atoms. The van der Waals surface area contributed by atoms with Crippen LogP contribution >= 0.6 is 0 Å². The van der Waals surface area contributed by atoms with Crippen molar-refractivity contribution in [2.45, 2.75) is 0 Å². The molecule has 7 rings (SSSR count). The first-order valence-electron chi connectivity index (χ1n) is 11.9. The molecule has 0 radical (unpaired) electrons. The van der Waals surface area contributed by atoms with E-state index in [4.69, 9.17) is 5.10 Å². The third-order valence-electron chi connectivity index (χ3n) is 6.92. The van der Waals surface area contributed by atoms with E-state index in [1.54, 1.807) is 0 Å². The minimum absolute atomic E-state index is 0.937. The average Bonchev–Trinajstić information content (AvgIpc) is 3.46. The lowest BCUT2D eigenvalue weighted by molar-refractivity contribution is 0.995. The molecular formula is C33H22N2. The Morgan fingerprint density at radius 2 is 1.17 bits per heavy atom. The van der Waals surface area contributed by atoms with Crippen LogP contribution in [0.15, 0.2) is 132 Å². The van der Waals surface area contributed by atoms with E-state index in [-0.39, 0.29) is 0 Å². The summed E-state index contributed by atoms with van der Waals surface area (Å²) in [5, 5.41) is 4.99. The summed E-state index contributed by atoms with van der Waals surface area (Å²) in [6, 6.07) is 36.3. The quantitative estimate of drug-likeness (QED) is 0.284. The minimum atomic E-state index is 0.937. The number of hydrogen-bond donors (Lipinski definition) is 1. The lowest BCUT2D eigenvalue weighted by Gasteiger charge is -2.16. The van der Waals surface area contributed by atoms with E-state index in [1.165, 1.54) is 44.5 Å². The molecule has 164 valence electrons. The molecule has 4 aromatic rings. The summed E-state index contributed by atoms with van der Waals surface area (Å²) in [4.78, 5) is 0. The van der Waals surface area contributed by atoms with Crippen molar-refractivity contribution in [3.05, 3.63) is 155 Å². The molecule has 0 atom stereocenters. The minimum Gasteiger partial charge on any atom is -0.277 e. The van der Waals surface area contributed by atoms with Gasteiger partial charge in [0.15, 0.2) is 0 Å². The van der Waals surface area contributed by atoms with Crippen LogP contribution in [0.4, 0.5) is 0 Å². The molecule has 0 heterocycles.